The fourth-order valence-corrected chi connectivity index (χ4v) is 4.73. The lowest BCUT2D eigenvalue weighted by Gasteiger charge is -2.21. The molecule has 0 aliphatic carbocycles. The molecular formula is C12H12O4S2. The first-order valence-electron chi connectivity index (χ1n) is 5.90. The fraction of sp³-hybridized carbons (Fsp3) is 0.500. The van der Waals surface area contributed by atoms with Gasteiger partial charge in [-0.05, 0) is 0 Å². The molecule has 18 heavy (non-hydrogen) atoms. The summed E-state index contributed by atoms with van der Waals surface area (Å²) in [7, 11) is 0. The predicted octanol–water partition coefficient (Wildman–Crippen LogP) is 2.57. The lowest BCUT2D eigenvalue weighted by Crippen LogP contribution is -2.16. The summed E-state index contributed by atoms with van der Waals surface area (Å²) in [5.41, 5.74) is 0. The van der Waals surface area contributed by atoms with Crippen LogP contribution in [0.5, 0.6) is 11.5 Å². The molecule has 0 fully saturated rings. The second-order valence-corrected chi connectivity index (χ2v) is 6.17. The molecule has 0 saturated carbocycles. The van der Waals surface area contributed by atoms with Crippen LogP contribution in [0.25, 0.3) is 0 Å². The van der Waals surface area contributed by atoms with E-state index in [-0.39, 0.29) is 5.25 Å². The van der Waals surface area contributed by atoms with Crippen molar-refractivity contribution in [3.8, 4) is 11.5 Å². The lowest BCUT2D eigenvalue weighted by atomic mass is 10.2. The zero-order valence-electron chi connectivity index (χ0n) is 9.64. The van der Waals surface area contributed by atoms with E-state index in [4.69, 9.17) is 18.9 Å². The van der Waals surface area contributed by atoms with Gasteiger partial charge in [-0.25, -0.2) is 0 Å². The van der Waals surface area contributed by atoms with Crippen molar-refractivity contribution in [3.05, 3.63) is 21.8 Å². The monoisotopic (exact) mass is 284 g/mol. The standard InChI is InChI=1S/C12H12O4S2/c1-3-15-9-7(13-1)5-17-11(9)12-10-8(6-18-12)14-2-4-16-10/h5,12H,1-4,6H2. The van der Waals surface area contributed by atoms with Crippen LogP contribution < -0.4 is 9.47 Å². The van der Waals surface area contributed by atoms with E-state index in [9.17, 15) is 0 Å². The van der Waals surface area contributed by atoms with Crippen molar-refractivity contribution in [3.63, 3.8) is 0 Å². The van der Waals surface area contributed by atoms with Gasteiger partial charge in [-0.3, -0.25) is 0 Å². The van der Waals surface area contributed by atoms with E-state index in [1.165, 1.54) is 4.88 Å². The highest BCUT2D eigenvalue weighted by Crippen LogP contribution is 2.53. The van der Waals surface area contributed by atoms with Crippen LogP contribution in [0.2, 0.25) is 0 Å². The normalized spacial score (nSPS) is 25.4. The maximum Gasteiger partial charge on any atom is 0.176 e. The summed E-state index contributed by atoms with van der Waals surface area (Å²) in [5.74, 6) is 4.62. The molecule has 4 nitrogen and oxygen atoms in total. The summed E-state index contributed by atoms with van der Waals surface area (Å²) in [5, 5.41) is 2.22. The molecule has 0 amide bonds. The molecular weight excluding hydrogens is 272 g/mol. The summed E-state index contributed by atoms with van der Waals surface area (Å²) in [6.07, 6.45) is 0. The van der Waals surface area contributed by atoms with Crippen molar-refractivity contribution in [1.29, 1.82) is 0 Å². The molecule has 1 unspecified atom stereocenters. The Morgan fingerprint density at radius 3 is 2.83 bits per heavy atom. The number of thiophene rings is 1. The highest BCUT2D eigenvalue weighted by atomic mass is 32.2. The van der Waals surface area contributed by atoms with Crippen LogP contribution in [-0.4, -0.2) is 32.2 Å². The molecule has 0 saturated heterocycles. The second-order valence-electron chi connectivity index (χ2n) is 4.17. The van der Waals surface area contributed by atoms with Gasteiger partial charge in [0.15, 0.2) is 17.3 Å². The number of thioether (sulfide) groups is 1. The third kappa shape index (κ3) is 1.59. The number of fused-ring (bicyclic) bond motifs is 1. The van der Waals surface area contributed by atoms with Gasteiger partial charge in [-0.15, -0.1) is 23.1 Å². The molecule has 0 radical (unpaired) electrons. The third-order valence-electron chi connectivity index (χ3n) is 3.08. The van der Waals surface area contributed by atoms with Crippen LogP contribution in [0.3, 0.4) is 0 Å². The van der Waals surface area contributed by atoms with E-state index in [1.54, 1.807) is 11.3 Å². The smallest absolute Gasteiger partial charge is 0.176 e. The first-order valence-corrected chi connectivity index (χ1v) is 7.83. The van der Waals surface area contributed by atoms with Gasteiger partial charge in [-0.2, -0.15) is 0 Å². The highest BCUT2D eigenvalue weighted by molar-refractivity contribution is 8.00. The van der Waals surface area contributed by atoms with Crippen molar-refractivity contribution in [2.24, 2.45) is 0 Å². The quantitative estimate of drug-likeness (QED) is 0.792. The van der Waals surface area contributed by atoms with Crippen molar-refractivity contribution in [2.45, 2.75) is 5.25 Å². The summed E-state index contributed by atoms with van der Waals surface area (Å²) in [6.45, 7) is 2.56. The Kier molecular flexibility index (Phi) is 2.58. The third-order valence-corrected chi connectivity index (χ3v) is 5.45. The molecule has 1 aromatic heterocycles. The summed E-state index contributed by atoms with van der Waals surface area (Å²) >= 11 is 3.51. The molecule has 1 aromatic rings. The van der Waals surface area contributed by atoms with Crippen molar-refractivity contribution in [2.75, 3.05) is 32.2 Å². The molecule has 3 aliphatic rings. The average Bonchev–Trinajstić information content (AvgIpc) is 3.01. The van der Waals surface area contributed by atoms with Crippen LogP contribution in [0.1, 0.15) is 10.1 Å². The minimum absolute atomic E-state index is 0.204. The van der Waals surface area contributed by atoms with Crippen LogP contribution in [0, 0.1) is 0 Å². The highest BCUT2D eigenvalue weighted by Gasteiger charge is 2.37. The molecule has 0 N–H and O–H groups in total. The molecule has 4 heterocycles. The van der Waals surface area contributed by atoms with Gasteiger partial charge in [-0.1, -0.05) is 0 Å². The first-order chi connectivity index (χ1) is 8.93. The molecule has 0 bridgehead atoms. The molecule has 3 aliphatic heterocycles. The minimum atomic E-state index is 0.204. The Balaban J connectivity index is 1.71. The van der Waals surface area contributed by atoms with Gasteiger partial charge >= 0.3 is 0 Å². The SMILES string of the molecule is c1sc(C2SCC3=C2OCCO3)c2c1OCCO2. The van der Waals surface area contributed by atoms with Gasteiger partial charge < -0.3 is 18.9 Å². The van der Waals surface area contributed by atoms with Gasteiger partial charge in [0, 0.05) is 5.38 Å². The van der Waals surface area contributed by atoms with Crippen molar-refractivity contribution < 1.29 is 18.9 Å². The number of rotatable bonds is 1. The van der Waals surface area contributed by atoms with E-state index >= 15 is 0 Å². The van der Waals surface area contributed by atoms with Gasteiger partial charge in [0.05, 0.1) is 10.6 Å². The Morgan fingerprint density at radius 1 is 1.00 bits per heavy atom. The van der Waals surface area contributed by atoms with E-state index in [1.807, 2.05) is 17.1 Å². The van der Waals surface area contributed by atoms with Gasteiger partial charge in [0.25, 0.3) is 0 Å². The Bertz CT molecular complexity index is 508. The molecule has 0 spiro atoms. The number of hydrogen-bond acceptors (Lipinski definition) is 6. The average molecular weight is 284 g/mol. The van der Waals surface area contributed by atoms with Crippen LogP contribution in [0.15, 0.2) is 16.9 Å². The van der Waals surface area contributed by atoms with E-state index in [0.717, 1.165) is 28.8 Å². The molecule has 96 valence electrons. The Morgan fingerprint density at radius 2 is 1.83 bits per heavy atom. The second kappa shape index (κ2) is 4.28. The Labute approximate surface area is 113 Å². The zero-order chi connectivity index (χ0) is 11.9. The van der Waals surface area contributed by atoms with E-state index < -0.39 is 0 Å². The maximum absolute atomic E-state index is 5.77. The number of hydrogen-bond donors (Lipinski definition) is 0. The van der Waals surface area contributed by atoms with Crippen molar-refractivity contribution >= 4 is 23.1 Å². The zero-order valence-corrected chi connectivity index (χ0v) is 11.3. The van der Waals surface area contributed by atoms with Crippen molar-refractivity contribution in [1.82, 2.24) is 0 Å². The van der Waals surface area contributed by atoms with Gasteiger partial charge in [0.1, 0.15) is 37.4 Å². The molecule has 0 aromatic carbocycles. The number of ether oxygens (including phenoxy) is 4. The largest absolute Gasteiger partial charge is 0.490 e. The first kappa shape index (κ1) is 10.9. The Hall–Kier alpha value is -1.01. The molecule has 6 heteroatoms. The molecule has 1 atom stereocenters. The lowest BCUT2D eigenvalue weighted by molar-refractivity contribution is 0.0640. The topological polar surface area (TPSA) is 36.9 Å². The predicted molar refractivity (Wildman–Crippen MR) is 69.4 cm³/mol. The minimum Gasteiger partial charge on any atom is -0.490 e. The molecule has 4 rings (SSSR count). The van der Waals surface area contributed by atoms with Crippen LogP contribution in [0.4, 0.5) is 0 Å². The summed E-state index contributed by atoms with van der Waals surface area (Å²) < 4.78 is 22.7. The maximum atomic E-state index is 5.77. The summed E-state index contributed by atoms with van der Waals surface area (Å²) in [4.78, 5) is 1.19. The van der Waals surface area contributed by atoms with E-state index in [2.05, 4.69) is 0 Å². The van der Waals surface area contributed by atoms with Crippen LogP contribution >= 0.6 is 23.1 Å². The van der Waals surface area contributed by atoms with Gasteiger partial charge in [0.2, 0.25) is 0 Å². The van der Waals surface area contributed by atoms with Crippen LogP contribution in [-0.2, 0) is 9.47 Å². The van der Waals surface area contributed by atoms with E-state index in [0.29, 0.717) is 26.4 Å². The summed E-state index contributed by atoms with van der Waals surface area (Å²) in [6, 6.07) is 0. The fourth-order valence-electron chi connectivity index (χ4n) is 2.30.